The molecule has 0 saturated carbocycles. The van der Waals surface area contributed by atoms with Gasteiger partial charge in [-0.05, 0) is 28.1 Å². The van der Waals surface area contributed by atoms with Crippen LogP contribution in [0.2, 0.25) is 0 Å². The molecule has 2 heterocycles. The fourth-order valence-corrected chi connectivity index (χ4v) is 2.77. The van der Waals surface area contributed by atoms with E-state index in [1.54, 1.807) is 12.1 Å². The lowest BCUT2D eigenvalue weighted by Crippen LogP contribution is -2.55. The number of halogens is 1. The Bertz CT molecular complexity index is 717. The number of carboxylic acids is 1. The van der Waals surface area contributed by atoms with Crippen molar-refractivity contribution < 1.29 is 23.8 Å². The van der Waals surface area contributed by atoms with Gasteiger partial charge in [-0.25, -0.2) is 4.79 Å². The normalized spacial score (nSPS) is 21.6. The number of aliphatic carboxylic acids is 1. The summed E-state index contributed by atoms with van der Waals surface area (Å²) in [4.78, 5) is 23.6. The number of para-hydroxylation sites is 1. The van der Waals surface area contributed by atoms with Crippen molar-refractivity contribution >= 4 is 38.8 Å². The first-order chi connectivity index (χ1) is 10.0. The van der Waals surface area contributed by atoms with E-state index >= 15 is 0 Å². The number of carbonyl (C=O) groups excluding carboxylic acids is 1. The predicted octanol–water partition coefficient (Wildman–Crippen LogP) is 2.17. The lowest BCUT2D eigenvalue weighted by atomic mass is 9.99. The molecule has 1 saturated heterocycles. The number of amides is 1. The number of carboxylic acid groups (broad SMARTS) is 1. The molecule has 1 aliphatic rings. The largest absolute Gasteiger partial charge is 0.479 e. The molecule has 0 bridgehead atoms. The average molecular weight is 354 g/mol. The van der Waals surface area contributed by atoms with E-state index in [0.717, 1.165) is 9.86 Å². The van der Waals surface area contributed by atoms with Crippen molar-refractivity contribution in [3.63, 3.8) is 0 Å². The number of hydrogen-bond donors (Lipinski definition) is 2. The second kappa shape index (κ2) is 5.16. The summed E-state index contributed by atoms with van der Waals surface area (Å²) in [6.07, 6.45) is 0.234. The van der Waals surface area contributed by atoms with Crippen molar-refractivity contribution in [1.82, 2.24) is 5.32 Å². The van der Waals surface area contributed by atoms with Gasteiger partial charge in [0.1, 0.15) is 5.58 Å². The minimum absolute atomic E-state index is 0.0437. The smallest absolute Gasteiger partial charge is 0.331 e. The molecule has 1 aliphatic heterocycles. The minimum Gasteiger partial charge on any atom is -0.479 e. The first-order valence-electron chi connectivity index (χ1n) is 6.33. The highest BCUT2D eigenvalue weighted by atomic mass is 79.9. The van der Waals surface area contributed by atoms with E-state index in [9.17, 15) is 14.7 Å². The molecule has 2 aromatic rings. The number of ether oxygens (including phenoxy) is 1. The number of benzene rings is 1. The van der Waals surface area contributed by atoms with Crippen LogP contribution in [-0.4, -0.2) is 35.7 Å². The van der Waals surface area contributed by atoms with Gasteiger partial charge in [0.15, 0.2) is 11.3 Å². The van der Waals surface area contributed by atoms with Crippen LogP contribution in [0, 0.1) is 0 Å². The summed E-state index contributed by atoms with van der Waals surface area (Å²) in [6, 6.07) is 7.02. The molecule has 0 aliphatic carbocycles. The number of fused-ring (bicyclic) bond motifs is 1. The fourth-order valence-electron chi connectivity index (χ4n) is 2.30. The summed E-state index contributed by atoms with van der Waals surface area (Å²) in [5.74, 6) is -1.60. The highest BCUT2D eigenvalue weighted by Crippen LogP contribution is 2.27. The van der Waals surface area contributed by atoms with Gasteiger partial charge in [0, 0.05) is 18.4 Å². The highest BCUT2D eigenvalue weighted by molar-refractivity contribution is 9.10. The van der Waals surface area contributed by atoms with Gasteiger partial charge < -0.3 is 19.6 Å². The van der Waals surface area contributed by atoms with Crippen LogP contribution in [-0.2, 0) is 9.53 Å². The third kappa shape index (κ3) is 2.43. The standard InChI is InChI=1S/C14H12BrNO5/c15-9-3-1-2-8-6-10(21-11(8)9)12(17)16-14(13(18)19)4-5-20-7-14/h1-3,6H,4-5,7H2,(H,16,17)(H,18,19). The molecule has 21 heavy (non-hydrogen) atoms. The van der Waals surface area contributed by atoms with Crippen LogP contribution in [0.5, 0.6) is 0 Å². The zero-order chi connectivity index (χ0) is 15.0. The van der Waals surface area contributed by atoms with E-state index in [0.29, 0.717) is 12.2 Å². The van der Waals surface area contributed by atoms with Gasteiger partial charge in [0.2, 0.25) is 0 Å². The summed E-state index contributed by atoms with van der Waals surface area (Å²) < 4.78 is 11.3. The molecule has 1 atom stereocenters. The van der Waals surface area contributed by atoms with Crippen LogP contribution < -0.4 is 5.32 Å². The molecule has 2 N–H and O–H groups in total. The second-order valence-electron chi connectivity index (χ2n) is 4.91. The zero-order valence-corrected chi connectivity index (χ0v) is 12.5. The molecule has 1 aromatic carbocycles. The Morgan fingerprint density at radius 1 is 1.38 bits per heavy atom. The van der Waals surface area contributed by atoms with E-state index in [1.165, 1.54) is 0 Å². The van der Waals surface area contributed by atoms with E-state index in [1.807, 2.05) is 12.1 Å². The lowest BCUT2D eigenvalue weighted by molar-refractivity contribution is -0.144. The quantitative estimate of drug-likeness (QED) is 0.882. The first-order valence-corrected chi connectivity index (χ1v) is 7.13. The summed E-state index contributed by atoms with van der Waals surface area (Å²) in [6.45, 7) is 0.260. The molecule has 6 nitrogen and oxygen atoms in total. The molecule has 7 heteroatoms. The Labute approximate surface area is 128 Å². The van der Waals surface area contributed by atoms with Crippen LogP contribution >= 0.6 is 15.9 Å². The highest BCUT2D eigenvalue weighted by Gasteiger charge is 2.44. The third-order valence-electron chi connectivity index (χ3n) is 3.50. The maximum atomic E-state index is 12.3. The van der Waals surface area contributed by atoms with Gasteiger partial charge in [-0.15, -0.1) is 0 Å². The Morgan fingerprint density at radius 3 is 2.81 bits per heavy atom. The molecule has 1 unspecified atom stereocenters. The van der Waals surface area contributed by atoms with Crippen LogP contribution in [0.4, 0.5) is 0 Å². The van der Waals surface area contributed by atoms with Crippen molar-refractivity contribution in [3.05, 3.63) is 34.5 Å². The molecule has 0 spiro atoms. The van der Waals surface area contributed by atoms with Gasteiger partial charge in [0.25, 0.3) is 5.91 Å². The van der Waals surface area contributed by atoms with Gasteiger partial charge in [-0.3, -0.25) is 4.79 Å². The van der Waals surface area contributed by atoms with Crippen molar-refractivity contribution in [2.24, 2.45) is 0 Å². The maximum absolute atomic E-state index is 12.3. The number of rotatable bonds is 3. The molecule has 3 rings (SSSR count). The Hall–Kier alpha value is -1.86. The van der Waals surface area contributed by atoms with Gasteiger partial charge >= 0.3 is 5.97 Å². The Balaban J connectivity index is 1.90. The number of hydrogen-bond acceptors (Lipinski definition) is 4. The summed E-state index contributed by atoms with van der Waals surface area (Å²) in [5.41, 5.74) is -0.831. The monoisotopic (exact) mass is 353 g/mol. The molecular weight excluding hydrogens is 342 g/mol. The van der Waals surface area contributed by atoms with Crippen molar-refractivity contribution in [3.8, 4) is 0 Å². The van der Waals surface area contributed by atoms with E-state index < -0.39 is 17.4 Å². The summed E-state index contributed by atoms with van der Waals surface area (Å²) in [7, 11) is 0. The minimum atomic E-state index is -1.38. The van der Waals surface area contributed by atoms with E-state index in [-0.39, 0.29) is 18.8 Å². The topological polar surface area (TPSA) is 88.8 Å². The van der Waals surface area contributed by atoms with Gasteiger partial charge in [-0.1, -0.05) is 12.1 Å². The zero-order valence-electron chi connectivity index (χ0n) is 10.9. The fraction of sp³-hybridized carbons (Fsp3) is 0.286. The predicted molar refractivity (Wildman–Crippen MR) is 77.2 cm³/mol. The number of furan rings is 1. The van der Waals surface area contributed by atoms with Crippen LogP contribution in [0.15, 0.2) is 33.2 Å². The van der Waals surface area contributed by atoms with Gasteiger partial charge in [0.05, 0.1) is 11.1 Å². The summed E-state index contributed by atoms with van der Waals surface area (Å²) in [5, 5.41) is 12.6. The van der Waals surface area contributed by atoms with E-state index in [2.05, 4.69) is 21.2 Å². The molecule has 1 aromatic heterocycles. The molecular formula is C14H12BrNO5. The number of carbonyl (C=O) groups is 2. The maximum Gasteiger partial charge on any atom is 0.331 e. The van der Waals surface area contributed by atoms with E-state index in [4.69, 9.17) is 9.15 Å². The molecule has 1 fully saturated rings. The van der Waals surface area contributed by atoms with Crippen molar-refractivity contribution in [2.45, 2.75) is 12.0 Å². The summed E-state index contributed by atoms with van der Waals surface area (Å²) >= 11 is 3.34. The Morgan fingerprint density at radius 2 is 2.19 bits per heavy atom. The average Bonchev–Trinajstić information content (AvgIpc) is 3.06. The van der Waals surface area contributed by atoms with Gasteiger partial charge in [-0.2, -0.15) is 0 Å². The SMILES string of the molecule is O=C(NC1(C(=O)O)CCOC1)c1cc2cccc(Br)c2o1. The molecule has 1 amide bonds. The number of nitrogens with one attached hydrogen (secondary N) is 1. The van der Waals surface area contributed by atoms with Crippen LogP contribution in [0.25, 0.3) is 11.0 Å². The van der Waals surface area contributed by atoms with Crippen molar-refractivity contribution in [1.29, 1.82) is 0 Å². The lowest BCUT2D eigenvalue weighted by Gasteiger charge is -2.22. The van der Waals surface area contributed by atoms with Crippen molar-refractivity contribution in [2.75, 3.05) is 13.2 Å². The first kappa shape index (κ1) is 14.1. The Kier molecular flexibility index (Phi) is 3.46. The molecule has 110 valence electrons. The third-order valence-corrected chi connectivity index (χ3v) is 4.13. The van der Waals surface area contributed by atoms with Crippen LogP contribution in [0.3, 0.4) is 0 Å². The second-order valence-corrected chi connectivity index (χ2v) is 5.77. The molecule has 0 radical (unpaired) electrons. The van der Waals surface area contributed by atoms with Crippen LogP contribution in [0.1, 0.15) is 17.0 Å².